The van der Waals surface area contributed by atoms with Crippen LogP contribution in [0.1, 0.15) is 12.0 Å². The molecule has 20 heavy (non-hydrogen) atoms. The van der Waals surface area contributed by atoms with Gasteiger partial charge in [0.2, 0.25) is 5.91 Å². The summed E-state index contributed by atoms with van der Waals surface area (Å²) in [5.74, 6) is 0.0527. The van der Waals surface area contributed by atoms with Crippen LogP contribution in [0.3, 0.4) is 0 Å². The minimum atomic E-state index is -3.00. The number of carbonyl (C=O) groups excluding carboxylic acids is 1. The van der Waals surface area contributed by atoms with Gasteiger partial charge in [-0.1, -0.05) is 29.3 Å². The molecule has 1 heterocycles. The Morgan fingerprint density at radius 2 is 2.10 bits per heavy atom. The van der Waals surface area contributed by atoms with Crippen molar-refractivity contribution in [2.45, 2.75) is 18.9 Å². The predicted molar refractivity (Wildman–Crippen MR) is 80.0 cm³/mol. The largest absolute Gasteiger partial charge is 0.341 e. The summed E-state index contributed by atoms with van der Waals surface area (Å²) in [6, 6.07) is 4.74. The van der Waals surface area contributed by atoms with Gasteiger partial charge in [0.1, 0.15) is 0 Å². The van der Waals surface area contributed by atoms with Gasteiger partial charge in [0.25, 0.3) is 0 Å². The van der Waals surface area contributed by atoms with Gasteiger partial charge >= 0.3 is 0 Å². The molecular weight excluding hydrogens is 321 g/mol. The number of sulfone groups is 1. The van der Waals surface area contributed by atoms with Crippen molar-refractivity contribution in [1.82, 2.24) is 4.90 Å². The van der Waals surface area contributed by atoms with E-state index in [0.29, 0.717) is 22.0 Å². The summed E-state index contributed by atoms with van der Waals surface area (Å²) in [6.07, 6.45) is 0.641. The second-order valence-corrected chi connectivity index (χ2v) is 8.05. The standard InChI is InChI=1S/C13H15Cl2NO3S/c1-16(11-4-5-20(18,19)8-11)13(17)6-9-2-3-10(14)7-12(9)15/h2-3,7,11H,4-6,8H2,1H3/t11-/m1/s1. The van der Waals surface area contributed by atoms with Crippen LogP contribution in [0.15, 0.2) is 18.2 Å². The summed E-state index contributed by atoms with van der Waals surface area (Å²) in [6.45, 7) is 0. The fourth-order valence-electron chi connectivity index (χ4n) is 2.24. The molecule has 1 atom stereocenters. The summed E-state index contributed by atoms with van der Waals surface area (Å²) in [5.41, 5.74) is 0.689. The van der Waals surface area contributed by atoms with Crippen LogP contribution in [0.25, 0.3) is 0 Å². The van der Waals surface area contributed by atoms with Gasteiger partial charge in [0, 0.05) is 23.1 Å². The third kappa shape index (κ3) is 3.65. The molecule has 0 bridgehead atoms. The predicted octanol–water partition coefficient (Wildman–Crippen LogP) is 2.18. The SMILES string of the molecule is CN(C(=O)Cc1ccc(Cl)cc1Cl)[C@@H]1CCS(=O)(=O)C1. The van der Waals surface area contributed by atoms with E-state index in [1.54, 1.807) is 25.2 Å². The Bertz CT molecular complexity index is 631. The van der Waals surface area contributed by atoms with Crippen LogP contribution in [0, 0.1) is 0 Å². The van der Waals surface area contributed by atoms with E-state index >= 15 is 0 Å². The maximum atomic E-state index is 12.2. The molecule has 110 valence electrons. The molecule has 1 aliphatic heterocycles. The molecule has 1 amide bonds. The van der Waals surface area contributed by atoms with Crippen molar-refractivity contribution >= 4 is 38.9 Å². The number of carbonyl (C=O) groups is 1. The molecular formula is C13H15Cl2NO3S. The molecule has 1 aliphatic rings. The van der Waals surface area contributed by atoms with Gasteiger partial charge < -0.3 is 4.90 Å². The molecule has 0 spiro atoms. The molecule has 2 rings (SSSR count). The quantitative estimate of drug-likeness (QED) is 0.850. The first-order valence-electron chi connectivity index (χ1n) is 6.18. The van der Waals surface area contributed by atoms with E-state index < -0.39 is 9.84 Å². The van der Waals surface area contributed by atoms with Crippen molar-refractivity contribution in [3.63, 3.8) is 0 Å². The second-order valence-electron chi connectivity index (χ2n) is 4.97. The van der Waals surface area contributed by atoms with Crippen LogP contribution in [0.4, 0.5) is 0 Å². The Balaban J connectivity index is 2.05. The Morgan fingerprint density at radius 1 is 1.40 bits per heavy atom. The number of nitrogens with zero attached hydrogens (tertiary/aromatic N) is 1. The molecule has 1 saturated heterocycles. The van der Waals surface area contributed by atoms with Crippen molar-refractivity contribution in [1.29, 1.82) is 0 Å². The Hall–Kier alpha value is -0.780. The molecule has 1 aromatic carbocycles. The smallest absolute Gasteiger partial charge is 0.227 e. The van der Waals surface area contributed by atoms with Gasteiger partial charge in [-0.3, -0.25) is 4.79 Å². The van der Waals surface area contributed by atoms with Crippen molar-refractivity contribution in [3.05, 3.63) is 33.8 Å². The van der Waals surface area contributed by atoms with Crippen LogP contribution in [0.5, 0.6) is 0 Å². The number of hydrogen-bond donors (Lipinski definition) is 0. The maximum absolute atomic E-state index is 12.2. The van der Waals surface area contributed by atoms with E-state index in [-0.39, 0.29) is 29.9 Å². The van der Waals surface area contributed by atoms with Crippen molar-refractivity contribution in [2.75, 3.05) is 18.6 Å². The number of amides is 1. The topological polar surface area (TPSA) is 54.5 Å². The third-order valence-electron chi connectivity index (χ3n) is 3.51. The van der Waals surface area contributed by atoms with Crippen LogP contribution in [-0.4, -0.2) is 43.8 Å². The zero-order valence-electron chi connectivity index (χ0n) is 11.0. The summed E-state index contributed by atoms with van der Waals surface area (Å²) in [4.78, 5) is 13.7. The third-order valence-corrected chi connectivity index (χ3v) is 5.84. The molecule has 0 aliphatic carbocycles. The minimum Gasteiger partial charge on any atom is -0.341 e. The van der Waals surface area contributed by atoms with Gasteiger partial charge in [-0.05, 0) is 24.1 Å². The lowest BCUT2D eigenvalue weighted by atomic mass is 10.1. The summed E-state index contributed by atoms with van der Waals surface area (Å²) < 4.78 is 22.9. The lowest BCUT2D eigenvalue weighted by molar-refractivity contribution is -0.130. The Morgan fingerprint density at radius 3 is 2.65 bits per heavy atom. The van der Waals surface area contributed by atoms with Crippen molar-refractivity contribution in [3.8, 4) is 0 Å². The van der Waals surface area contributed by atoms with E-state index in [0.717, 1.165) is 0 Å². The number of likely N-dealkylation sites (N-methyl/N-ethyl adjacent to an activating group) is 1. The van der Waals surface area contributed by atoms with Crippen LogP contribution in [0.2, 0.25) is 10.0 Å². The van der Waals surface area contributed by atoms with E-state index in [4.69, 9.17) is 23.2 Å². The molecule has 4 nitrogen and oxygen atoms in total. The maximum Gasteiger partial charge on any atom is 0.227 e. The zero-order valence-corrected chi connectivity index (χ0v) is 13.3. The average molecular weight is 336 g/mol. The molecule has 7 heteroatoms. The van der Waals surface area contributed by atoms with Crippen molar-refractivity contribution in [2.24, 2.45) is 0 Å². The van der Waals surface area contributed by atoms with Gasteiger partial charge in [-0.25, -0.2) is 8.42 Å². The number of benzene rings is 1. The van der Waals surface area contributed by atoms with Gasteiger partial charge in [-0.2, -0.15) is 0 Å². The van der Waals surface area contributed by atoms with E-state index in [1.165, 1.54) is 4.90 Å². The van der Waals surface area contributed by atoms with Crippen LogP contribution < -0.4 is 0 Å². The normalized spacial score (nSPS) is 20.9. The molecule has 0 unspecified atom stereocenters. The minimum absolute atomic E-state index is 0.0452. The number of hydrogen-bond acceptors (Lipinski definition) is 3. The number of rotatable bonds is 3. The fraction of sp³-hybridized carbons (Fsp3) is 0.462. The average Bonchev–Trinajstić information content (AvgIpc) is 2.72. The second kappa shape index (κ2) is 5.92. The first kappa shape index (κ1) is 15.6. The summed E-state index contributed by atoms with van der Waals surface area (Å²) >= 11 is 11.8. The first-order chi connectivity index (χ1) is 9.28. The summed E-state index contributed by atoms with van der Waals surface area (Å²) in [5, 5.41) is 0.958. The monoisotopic (exact) mass is 335 g/mol. The van der Waals surface area contributed by atoms with E-state index in [2.05, 4.69) is 0 Å². The molecule has 0 aromatic heterocycles. The van der Waals surface area contributed by atoms with E-state index in [9.17, 15) is 13.2 Å². The van der Waals surface area contributed by atoms with Gasteiger partial charge in [0.15, 0.2) is 9.84 Å². The first-order valence-corrected chi connectivity index (χ1v) is 8.76. The fourth-order valence-corrected chi connectivity index (χ4v) is 4.49. The summed E-state index contributed by atoms with van der Waals surface area (Å²) in [7, 11) is -1.36. The highest BCUT2D eigenvalue weighted by molar-refractivity contribution is 7.91. The lowest BCUT2D eigenvalue weighted by Gasteiger charge is -2.23. The molecule has 0 radical (unpaired) electrons. The van der Waals surface area contributed by atoms with Gasteiger partial charge in [-0.15, -0.1) is 0 Å². The zero-order chi connectivity index (χ0) is 14.9. The van der Waals surface area contributed by atoms with Crippen LogP contribution >= 0.6 is 23.2 Å². The highest BCUT2D eigenvalue weighted by Crippen LogP contribution is 2.23. The molecule has 1 aromatic rings. The molecule has 1 fully saturated rings. The van der Waals surface area contributed by atoms with Gasteiger partial charge in [0.05, 0.1) is 17.9 Å². The molecule has 0 N–H and O–H groups in total. The lowest BCUT2D eigenvalue weighted by Crippen LogP contribution is -2.38. The van der Waals surface area contributed by atoms with E-state index in [1.807, 2.05) is 0 Å². The Kier molecular flexibility index (Phi) is 4.62. The number of halogens is 2. The van der Waals surface area contributed by atoms with Crippen molar-refractivity contribution < 1.29 is 13.2 Å². The molecule has 0 saturated carbocycles. The highest BCUT2D eigenvalue weighted by atomic mass is 35.5. The Labute approximate surface area is 128 Å². The highest BCUT2D eigenvalue weighted by Gasteiger charge is 2.32. The van der Waals surface area contributed by atoms with Crippen LogP contribution in [-0.2, 0) is 21.1 Å².